The van der Waals surface area contributed by atoms with Gasteiger partial charge in [0.1, 0.15) is 6.10 Å². The second-order valence-corrected chi connectivity index (χ2v) is 9.21. The van der Waals surface area contributed by atoms with Crippen molar-refractivity contribution in [2.45, 2.75) is 45.6 Å². The summed E-state index contributed by atoms with van der Waals surface area (Å²) < 4.78 is 5.87. The highest BCUT2D eigenvalue weighted by atomic mass is 16.6. The Balaban J connectivity index is 1.45. The average Bonchev–Trinajstić information content (AvgIpc) is 2.89. The van der Waals surface area contributed by atoms with Crippen LogP contribution in [-0.4, -0.2) is 72.9 Å². The Bertz CT molecular complexity index is 570. The summed E-state index contributed by atoms with van der Waals surface area (Å²) in [6.45, 7) is 10.5. The molecule has 5 nitrogen and oxygen atoms in total. The van der Waals surface area contributed by atoms with Crippen LogP contribution in [0.25, 0.3) is 0 Å². The summed E-state index contributed by atoms with van der Waals surface area (Å²) in [5.41, 5.74) is 1.84. The first-order valence-corrected chi connectivity index (χ1v) is 10.5. The van der Waals surface area contributed by atoms with E-state index in [1.165, 1.54) is 19.3 Å². The molecule has 1 N–H and O–H groups in total. The number of rotatable bonds is 4. The van der Waals surface area contributed by atoms with Crippen LogP contribution in [0.2, 0.25) is 0 Å². The predicted molar refractivity (Wildman–Crippen MR) is 101 cm³/mol. The minimum absolute atomic E-state index is 0.00410. The molecule has 5 heteroatoms. The number of piperazine rings is 1. The van der Waals surface area contributed by atoms with Crippen molar-refractivity contribution >= 4 is 5.97 Å². The van der Waals surface area contributed by atoms with Crippen molar-refractivity contribution < 1.29 is 14.6 Å². The van der Waals surface area contributed by atoms with E-state index in [4.69, 9.17) is 9.84 Å². The molecule has 0 spiro atoms. The van der Waals surface area contributed by atoms with Crippen LogP contribution in [0, 0.1) is 23.2 Å². The van der Waals surface area contributed by atoms with Crippen molar-refractivity contribution in [2.75, 3.05) is 45.9 Å². The molecule has 0 aromatic heterocycles. The van der Waals surface area contributed by atoms with Crippen molar-refractivity contribution in [3.05, 3.63) is 11.6 Å². The number of allylic oxidation sites excluding steroid dienone is 1. The number of aliphatic hydroxyl groups is 1. The number of hydrogen-bond donors (Lipinski definition) is 1. The van der Waals surface area contributed by atoms with Crippen molar-refractivity contribution in [1.29, 1.82) is 0 Å². The lowest BCUT2D eigenvalue weighted by Gasteiger charge is -2.46. The molecule has 0 radical (unpaired) electrons. The van der Waals surface area contributed by atoms with Gasteiger partial charge < -0.3 is 9.84 Å². The van der Waals surface area contributed by atoms with Gasteiger partial charge >= 0.3 is 5.97 Å². The lowest BCUT2D eigenvalue weighted by molar-refractivity contribution is -0.145. The molecular weight excluding hydrogens is 328 g/mol. The lowest BCUT2D eigenvalue weighted by atomic mass is 9.59. The van der Waals surface area contributed by atoms with Crippen LogP contribution in [0.3, 0.4) is 0 Å². The maximum Gasteiger partial charge on any atom is 0.311 e. The number of hydrogen-bond acceptors (Lipinski definition) is 5. The van der Waals surface area contributed by atoms with E-state index < -0.39 is 0 Å². The highest BCUT2D eigenvalue weighted by Crippen LogP contribution is 2.53. The van der Waals surface area contributed by atoms with Gasteiger partial charge in [-0.05, 0) is 30.6 Å². The molecule has 1 saturated carbocycles. The maximum atomic E-state index is 12.7. The zero-order chi connectivity index (χ0) is 18.3. The van der Waals surface area contributed by atoms with E-state index in [9.17, 15) is 4.79 Å². The summed E-state index contributed by atoms with van der Waals surface area (Å²) >= 11 is 0. The molecule has 2 aliphatic carbocycles. The predicted octanol–water partition coefficient (Wildman–Crippen LogP) is 1.91. The van der Waals surface area contributed by atoms with E-state index in [-0.39, 0.29) is 35.9 Å². The van der Waals surface area contributed by atoms with Crippen molar-refractivity contribution in [1.82, 2.24) is 9.80 Å². The minimum atomic E-state index is -0.00410. The second kappa shape index (κ2) is 7.25. The Hall–Kier alpha value is -0.910. The third-order valence-electron chi connectivity index (χ3n) is 7.42. The molecule has 5 atom stereocenters. The molecule has 0 bridgehead atoms. The minimum Gasteiger partial charge on any atom is -0.461 e. The summed E-state index contributed by atoms with van der Waals surface area (Å²) in [5.74, 6) is 0.926. The van der Waals surface area contributed by atoms with Gasteiger partial charge in [-0.15, -0.1) is 0 Å². The molecule has 4 aliphatic rings. The van der Waals surface area contributed by atoms with Crippen LogP contribution < -0.4 is 0 Å². The maximum absolute atomic E-state index is 12.7. The summed E-state index contributed by atoms with van der Waals surface area (Å²) in [4.78, 5) is 17.4. The number of esters is 1. The largest absolute Gasteiger partial charge is 0.461 e. The molecule has 0 amide bonds. The number of nitrogens with zero attached hydrogens (tertiary/aromatic N) is 2. The Morgan fingerprint density at radius 1 is 1.27 bits per heavy atom. The fraction of sp³-hybridized carbons (Fsp3) is 0.857. The van der Waals surface area contributed by atoms with Crippen LogP contribution >= 0.6 is 0 Å². The molecule has 0 unspecified atom stereocenters. The molecular formula is C21H34N2O3. The topological polar surface area (TPSA) is 53.0 Å². The summed E-state index contributed by atoms with van der Waals surface area (Å²) in [5, 5.41) is 9.09. The summed E-state index contributed by atoms with van der Waals surface area (Å²) in [6.07, 6.45) is 7.37. The molecule has 146 valence electrons. The molecule has 26 heavy (non-hydrogen) atoms. The van der Waals surface area contributed by atoms with E-state index in [0.717, 1.165) is 45.7 Å². The fourth-order valence-electron chi connectivity index (χ4n) is 5.87. The van der Waals surface area contributed by atoms with Crippen LogP contribution in [0.4, 0.5) is 0 Å². The van der Waals surface area contributed by atoms with Gasteiger partial charge in [-0.25, -0.2) is 0 Å². The van der Waals surface area contributed by atoms with Crippen LogP contribution in [0.1, 0.15) is 39.5 Å². The van der Waals surface area contributed by atoms with E-state index in [0.29, 0.717) is 5.92 Å². The van der Waals surface area contributed by atoms with Gasteiger partial charge in [0.05, 0.1) is 12.5 Å². The first kappa shape index (κ1) is 18.5. The third-order valence-corrected chi connectivity index (χ3v) is 7.42. The molecule has 2 saturated heterocycles. The van der Waals surface area contributed by atoms with Gasteiger partial charge in [0.15, 0.2) is 0 Å². The van der Waals surface area contributed by atoms with E-state index in [1.54, 1.807) is 5.57 Å². The number of carbonyl (C=O) groups excluding carboxylic acids is 1. The second-order valence-electron chi connectivity index (χ2n) is 9.21. The van der Waals surface area contributed by atoms with E-state index in [1.807, 2.05) is 0 Å². The van der Waals surface area contributed by atoms with Crippen LogP contribution in [0.5, 0.6) is 0 Å². The van der Waals surface area contributed by atoms with Gasteiger partial charge in [-0.2, -0.15) is 0 Å². The zero-order valence-corrected chi connectivity index (χ0v) is 16.3. The first-order chi connectivity index (χ1) is 12.5. The number of fused-ring (bicyclic) bond motifs is 2. The smallest absolute Gasteiger partial charge is 0.311 e. The highest BCUT2D eigenvalue weighted by molar-refractivity contribution is 5.76. The standard InChI is InChI=1S/C21H34N2O3/c1-15-4-3-5-21(2)13-19-16(12-18(15)21)17(20(25)26-19)14-23-8-6-22(7-9-23)10-11-24/h12,15-17,19,24H,3-11,13-14H2,1-2H3/t15-,16-,17+,19-,21-/m1/s1. The van der Waals surface area contributed by atoms with Crippen molar-refractivity contribution in [3.8, 4) is 0 Å². The number of β-amino-alcohol motifs (C(OH)–C–C–N with tert-alkyl or cyclic N) is 1. The SMILES string of the molecule is C[C@@H]1CCC[C@]2(C)C[C@H]3OC(=O)[C@@H](CN4CCN(CCO)CC4)[C@H]3C=C12. The average molecular weight is 363 g/mol. The van der Waals surface area contributed by atoms with Gasteiger partial charge in [0.2, 0.25) is 0 Å². The highest BCUT2D eigenvalue weighted by Gasteiger charge is 2.51. The van der Waals surface area contributed by atoms with E-state index in [2.05, 4.69) is 29.7 Å². The van der Waals surface area contributed by atoms with Crippen molar-refractivity contribution in [3.63, 3.8) is 0 Å². The zero-order valence-electron chi connectivity index (χ0n) is 16.3. The summed E-state index contributed by atoms with van der Waals surface area (Å²) in [6, 6.07) is 0. The van der Waals surface area contributed by atoms with Crippen LogP contribution in [-0.2, 0) is 9.53 Å². The van der Waals surface area contributed by atoms with Gasteiger partial charge in [0, 0.05) is 45.2 Å². The monoisotopic (exact) mass is 362 g/mol. The lowest BCUT2D eigenvalue weighted by Crippen LogP contribution is -2.49. The molecule has 0 aromatic carbocycles. The van der Waals surface area contributed by atoms with Gasteiger partial charge in [0.25, 0.3) is 0 Å². The van der Waals surface area contributed by atoms with Crippen LogP contribution in [0.15, 0.2) is 11.6 Å². The molecule has 2 aliphatic heterocycles. The Kier molecular flexibility index (Phi) is 5.15. The molecule has 4 rings (SSSR count). The first-order valence-electron chi connectivity index (χ1n) is 10.5. The number of carbonyl (C=O) groups is 1. The van der Waals surface area contributed by atoms with Crippen molar-refractivity contribution in [2.24, 2.45) is 23.2 Å². The summed E-state index contributed by atoms with van der Waals surface area (Å²) in [7, 11) is 0. The van der Waals surface area contributed by atoms with Gasteiger partial charge in [-0.1, -0.05) is 31.9 Å². The quantitative estimate of drug-likeness (QED) is 0.612. The molecule has 3 fully saturated rings. The Morgan fingerprint density at radius 2 is 2.00 bits per heavy atom. The third kappa shape index (κ3) is 3.34. The number of ether oxygens (including phenoxy) is 1. The fourth-order valence-corrected chi connectivity index (χ4v) is 5.87. The Labute approximate surface area is 157 Å². The molecule has 2 heterocycles. The van der Waals surface area contributed by atoms with E-state index >= 15 is 0 Å². The Morgan fingerprint density at radius 3 is 2.73 bits per heavy atom. The normalized spacial score (nSPS) is 41.3. The molecule has 0 aromatic rings. The van der Waals surface area contributed by atoms with Gasteiger partial charge in [-0.3, -0.25) is 14.6 Å². The number of aliphatic hydroxyl groups excluding tert-OH is 1.